The molecule has 2 nitrogen and oxygen atoms in total. The Morgan fingerprint density at radius 1 is 1.16 bits per heavy atom. The molecule has 0 fully saturated rings. The van der Waals surface area contributed by atoms with E-state index in [-0.39, 0.29) is 18.3 Å². The van der Waals surface area contributed by atoms with Gasteiger partial charge in [0.2, 0.25) is 0 Å². The van der Waals surface area contributed by atoms with E-state index in [0.717, 1.165) is 0 Å². The van der Waals surface area contributed by atoms with Gasteiger partial charge in [0.1, 0.15) is 11.6 Å². The van der Waals surface area contributed by atoms with Gasteiger partial charge in [-0.05, 0) is 46.9 Å². The predicted molar refractivity (Wildman–Crippen MR) is 76.7 cm³/mol. The van der Waals surface area contributed by atoms with Crippen LogP contribution in [0.2, 0.25) is 0 Å². The second-order valence-electron chi connectivity index (χ2n) is 3.90. The molecule has 0 atom stereocenters. The van der Waals surface area contributed by atoms with Gasteiger partial charge in [-0.25, -0.2) is 8.78 Å². The highest BCUT2D eigenvalue weighted by Gasteiger charge is 2.11. The van der Waals surface area contributed by atoms with Crippen molar-refractivity contribution in [1.82, 2.24) is 5.32 Å². The van der Waals surface area contributed by atoms with E-state index in [1.165, 1.54) is 24.3 Å². The molecule has 0 unspecified atom stereocenters. The third-order valence-corrected chi connectivity index (χ3v) is 3.47. The maximum atomic E-state index is 13.4. The molecule has 0 saturated heterocycles. The maximum absolute atomic E-state index is 13.4. The van der Waals surface area contributed by atoms with E-state index >= 15 is 0 Å². The lowest BCUT2D eigenvalue weighted by molar-refractivity contribution is 0.0949. The quantitative estimate of drug-likeness (QED) is 0.820. The number of amides is 1. The summed E-state index contributed by atoms with van der Waals surface area (Å²) in [5.74, 6) is -1.11. The van der Waals surface area contributed by atoms with Crippen LogP contribution >= 0.6 is 22.6 Å². The zero-order valence-electron chi connectivity index (χ0n) is 9.79. The first kappa shape index (κ1) is 13.9. The SMILES string of the molecule is O=C(NCc1ccccc1F)c1ccc(F)cc1I. The zero-order valence-corrected chi connectivity index (χ0v) is 11.9. The van der Waals surface area contributed by atoms with Gasteiger partial charge in [-0.3, -0.25) is 4.79 Å². The minimum absolute atomic E-state index is 0.0962. The van der Waals surface area contributed by atoms with Gasteiger partial charge in [-0.1, -0.05) is 18.2 Å². The van der Waals surface area contributed by atoms with E-state index < -0.39 is 5.82 Å². The van der Waals surface area contributed by atoms with Crippen molar-refractivity contribution in [2.45, 2.75) is 6.54 Å². The largest absolute Gasteiger partial charge is 0.348 e. The Kier molecular flexibility index (Phi) is 4.47. The minimum atomic E-state index is -0.393. The summed E-state index contributed by atoms with van der Waals surface area (Å²) in [5, 5.41) is 2.61. The average Bonchev–Trinajstić information content (AvgIpc) is 2.37. The van der Waals surface area contributed by atoms with Crippen LogP contribution in [0.4, 0.5) is 8.78 Å². The molecule has 19 heavy (non-hydrogen) atoms. The van der Waals surface area contributed by atoms with E-state index in [9.17, 15) is 13.6 Å². The Bertz CT molecular complexity index is 616. The van der Waals surface area contributed by atoms with Crippen LogP contribution in [0.1, 0.15) is 15.9 Å². The standard InChI is InChI=1S/C14H10F2INO/c15-10-5-6-11(13(17)7-10)14(19)18-8-9-3-1-2-4-12(9)16/h1-7H,8H2,(H,18,19). The molecule has 0 aliphatic heterocycles. The second-order valence-corrected chi connectivity index (χ2v) is 5.06. The normalized spacial score (nSPS) is 10.3. The molecule has 0 aromatic heterocycles. The number of carbonyl (C=O) groups excluding carboxylic acids is 1. The molecule has 0 heterocycles. The Morgan fingerprint density at radius 3 is 2.58 bits per heavy atom. The first-order chi connectivity index (χ1) is 9.08. The van der Waals surface area contributed by atoms with Crippen LogP contribution in [0.15, 0.2) is 42.5 Å². The van der Waals surface area contributed by atoms with Crippen molar-refractivity contribution < 1.29 is 13.6 Å². The molecule has 1 amide bonds. The van der Waals surface area contributed by atoms with Crippen molar-refractivity contribution in [3.05, 3.63) is 68.8 Å². The fourth-order valence-electron chi connectivity index (χ4n) is 1.59. The monoisotopic (exact) mass is 373 g/mol. The van der Waals surface area contributed by atoms with Crippen LogP contribution in [-0.2, 0) is 6.54 Å². The number of nitrogens with one attached hydrogen (secondary N) is 1. The fourth-order valence-corrected chi connectivity index (χ4v) is 2.31. The van der Waals surface area contributed by atoms with Crippen LogP contribution in [-0.4, -0.2) is 5.91 Å². The topological polar surface area (TPSA) is 29.1 Å². The Labute approximate surface area is 123 Å². The first-order valence-corrected chi connectivity index (χ1v) is 6.62. The summed E-state index contributed by atoms with van der Waals surface area (Å²) in [7, 11) is 0. The average molecular weight is 373 g/mol. The highest BCUT2D eigenvalue weighted by atomic mass is 127. The lowest BCUT2D eigenvalue weighted by Gasteiger charge is -2.07. The molecular weight excluding hydrogens is 363 g/mol. The Hall–Kier alpha value is -1.50. The third kappa shape index (κ3) is 3.50. The smallest absolute Gasteiger partial charge is 0.252 e. The number of halogens is 3. The molecule has 98 valence electrons. The maximum Gasteiger partial charge on any atom is 0.252 e. The summed E-state index contributed by atoms with van der Waals surface area (Å²) in [6.07, 6.45) is 0. The lowest BCUT2D eigenvalue weighted by Crippen LogP contribution is -2.24. The number of hydrogen-bond acceptors (Lipinski definition) is 1. The van der Waals surface area contributed by atoms with Gasteiger partial charge in [0.25, 0.3) is 5.91 Å². The first-order valence-electron chi connectivity index (χ1n) is 5.54. The van der Waals surface area contributed by atoms with E-state index in [2.05, 4.69) is 5.32 Å². The van der Waals surface area contributed by atoms with Crippen molar-refractivity contribution in [1.29, 1.82) is 0 Å². The molecule has 0 saturated carbocycles. The van der Waals surface area contributed by atoms with Crippen LogP contribution in [0.25, 0.3) is 0 Å². The molecule has 0 radical (unpaired) electrons. The highest BCUT2D eigenvalue weighted by Crippen LogP contribution is 2.14. The van der Waals surface area contributed by atoms with E-state index in [4.69, 9.17) is 0 Å². The molecule has 5 heteroatoms. The minimum Gasteiger partial charge on any atom is -0.348 e. The molecule has 1 N–H and O–H groups in total. The van der Waals surface area contributed by atoms with Crippen molar-refractivity contribution in [2.75, 3.05) is 0 Å². The summed E-state index contributed by atoms with van der Waals surface area (Å²) >= 11 is 1.89. The third-order valence-electron chi connectivity index (χ3n) is 2.57. The van der Waals surface area contributed by atoms with Crippen LogP contribution in [0.3, 0.4) is 0 Å². The van der Waals surface area contributed by atoms with Crippen molar-refractivity contribution in [2.24, 2.45) is 0 Å². The predicted octanol–water partition coefficient (Wildman–Crippen LogP) is 3.50. The summed E-state index contributed by atoms with van der Waals surface area (Å²) in [5.41, 5.74) is 0.784. The fraction of sp³-hybridized carbons (Fsp3) is 0.0714. The van der Waals surface area contributed by atoms with Gasteiger partial charge in [0.15, 0.2) is 0 Å². The molecule has 0 aliphatic rings. The van der Waals surface area contributed by atoms with E-state index in [1.54, 1.807) is 18.2 Å². The van der Waals surface area contributed by atoms with Gasteiger partial charge < -0.3 is 5.32 Å². The van der Waals surface area contributed by atoms with Crippen LogP contribution in [0, 0.1) is 15.2 Å². The lowest BCUT2D eigenvalue weighted by atomic mass is 10.2. The molecule has 0 aliphatic carbocycles. The van der Waals surface area contributed by atoms with E-state index in [0.29, 0.717) is 14.7 Å². The van der Waals surface area contributed by atoms with Gasteiger partial charge >= 0.3 is 0 Å². The van der Waals surface area contributed by atoms with Crippen molar-refractivity contribution in [3.63, 3.8) is 0 Å². The summed E-state index contributed by atoms with van der Waals surface area (Å²) in [6.45, 7) is 0.0962. The van der Waals surface area contributed by atoms with Gasteiger partial charge in [-0.2, -0.15) is 0 Å². The molecule has 2 rings (SSSR count). The summed E-state index contributed by atoms with van der Waals surface area (Å²) < 4.78 is 26.8. The molecule has 2 aromatic rings. The Balaban J connectivity index is 2.08. The number of hydrogen-bond donors (Lipinski definition) is 1. The number of benzene rings is 2. The van der Waals surface area contributed by atoms with Gasteiger partial charge in [0.05, 0.1) is 5.56 Å². The van der Waals surface area contributed by atoms with Crippen molar-refractivity contribution >= 4 is 28.5 Å². The second kappa shape index (κ2) is 6.10. The zero-order chi connectivity index (χ0) is 13.8. The van der Waals surface area contributed by atoms with Crippen molar-refractivity contribution in [3.8, 4) is 0 Å². The number of rotatable bonds is 3. The Morgan fingerprint density at radius 2 is 1.89 bits per heavy atom. The number of carbonyl (C=O) groups is 1. The van der Waals surface area contributed by atoms with Gasteiger partial charge in [-0.15, -0.1) is 0 Å². The molecule has 0 spiro atoms. The highest BCUT2D eigenvalue weighted by molar-refractivity contribution is 14.1. The van der Waals surface area contributed by atoms with Crippen LogP contribution < -0.4 is 5.32 Å². The summed E-state index contributed by atoms with van der Waals surface area (Å²) in [6, 6.07) is 10.1. The van der Waals surface area contributed by atoms with Gasteiger partial charge in [0, 0.05) is 15.7 Å². The van der Waals surface area contributed by atoms with E-state index in [1.807, 2.05) is 22.6 Å². The molecular formula is C14H10F2INO. The molecule has 0 bridgehead atoms. The van der Waals surface area contributed by atoms with Crippen LogP contribution in [0.5, 0.6) is 0 Å². The summed E-state index contributed by atoms with van der Waals surface area (Å²) in [4.78, 5) is 11.9. The molecule has 2 aromatic carbocycles.